The average Bonchev–Trinajstić information content (AvgIpc) is 3.20. The molecule has 1 aromatic heterocycles. The number of nitrogens with one attached hydrogen (secondary N) is 2. The highest BCUT2D eigenvalue weighted by Crippen LogP contribution is 2.20. The maximum Gasteiger partial charge on any atom is 0.363 e. The van der Waals surface area contributed by atoms with Crippen LogP contribution in [0.5, 0.6) is 11.8 Å². The van der Waals surface area contributed by atoms with Crippen LogP contribution in [-0.4, -0.2) is 33.0 Å². The Bertz CT molecular complexity index is 744. The summed E-state index contributed by atoms with van der Waals surface area (Å²) in [5.74, 6) is -1.55. The van der Waals surface area contributed by atoms with Gasteiger partial charge < -0.3 is 25.7 Å². The zero-order valence-corrected chi connectivity index (χ0v) is 13.4. The highest BCUT2D eigenvalue weighted by atomic mass is 16.7. The van der Waals surface area contributed by atoms with Crippen molar-refractivity contribution < 1.29 is 24.6 Å². The summed E-state index contributed by atoms with van der Waals surface area (Å²) in [6.45, 7) is 0. The second-order valence-corrected chi connectivity index (χ2v) is 5.88. The van der Waals surface area contributed by atoms with Crippen molar-refractivity contribution in [3.05, 3.63) is 42.0 Å². The van der Waals surface area contributed by atoms with Gasteiger partial charge in [-0.15, -0.1) is 4.73 Å². The van der Waals surface area contributed by atoms with E-state index in [0.29, 0.717) is 10.4 Å². The van der Waals surface area contributed by atoms with Gasteiger partial charge in [-0.2, -0.15) is 0 Å². The number of urea groups is 1. The minimum Gasteiger partial charge on any atom is -0.492 e. The quantitative estimate of drug-likeness (QED) is 0.679. The number of aromatic hydroxyl groups is 2. The van der Waals surface area contributed by atoms with Crippen molar-refractivity contribution >= 4 is 17.7 Å². The predicted molar refractivity (Wildman–Crippen MR) is 89.5 cm³/mol. The summed E-state index contributed by atoms with van der Waals surface area (Å²) in [6.07, 6.45) is 4.26. The van der Waals surface area contributed by atoms with Crippen LogP contribution in [0.15, 0.2) is 36.4 Å². The Kier molecular flexibility index (Phi) is 4.78. The van der Waals surface area contributed by atoms with Gasteiger partial charge in [0.25, 0.3) is 0 Å². The Balaban J connectivity index is 1.57. The molecular weight excluding hydrogens is 326 g/mol. The van der Waals surface area contributed by atoms with E-state index >= 15 is 0 Å². The number of nitrogens with zero attached hydrogens (tertiary/aromatic N) is 1. The standard InChI is InChI=1S/C17H19N3O5/c21-14-9-10-15(22)20(14)25-16(23)11-5-7-13(8-6-11)19-17(24)18-12-3-1-2-4-12/h5-10,12,21-22H,1-4H2,(H2,18,19,24). The van der Waals surface area contributed by atoms with Gasteiger partial charge in [0, 0.05) is 23.9 Å². The molecule has 8 nitrogen and oxygen atoms in total. The molecule has 2 aromatic rings. The van der Waals surface area contributed by atoms with Gasteiger partial charge in [0.15, 0.2) is 0 Å². The molecule has 25 heavy (non-hydrogen) atoms. The van der Waals surface area contributed by atoms with Gasteiger partial charge in [0.05, 0.1) is 5.56 Å². The van der Waals surface area contributed by atoms with Gasteiger partial charge in [-0.1, -0.05) is 12.8 Å². The Morgan fingerprint density at radius 1 is 1.00 bits per heavy atom. The lowest BCUT2D eigenvalue weighted by molar-refractivity contribution is 0.0382. The summed E-state index contributed by atoms with van der Waals surface area (Å²) in [5.41, 5.74) is 0.743. The number of carbonyl (C=O) groups excluding carboxylic acids is 2. The van der Waals surface area contributed by atoms with Crippen LogP contribution >= 0.6 is 0 Å². The molecule has 1 fully saturated rings. The molecule has 0 radical (unpaired) electrons. The topological polar surface area (TPSA) is 113 Å². The van der Waals surface area contributed by atoms with Gasteiger partial charge in [0.1, 0.15) is 0 Å². The first-order chi connectivity index (χ1) is 12.0. The molecule has 1 aliphatic rings. The molecule has 0 saturated heterocycles. The van der Waals surface area contributed by atoms with Gasteiger partial charge in [-0.25, -0.2) is 9.59 Å². The third kappa shape index (κ3) is 4.03. The van der Waals surface area contributed by atoms with E-state index < -0.39 is 17.7 Å². The first kappa shape index (κ1) is 16.7. The number of hydrogen-bond donors (Lipinski definition) is 4. The molecule has 1 aromatic carbocycles. The van der Waals surface area contributed by atoms with Crippen LogP contribution in [0.4, 0.5) is 10.5 Å². The summed E-state index contributed by atoms with van der Waals surface area (Å²) < 4.78 is 0.615. The highest BCUT2D eigenvalue weighted by molar-refractivity contribution is 5.92. The van der Waals surface area contributed by atoms with Crippen molar-refractivity contribution in [2.45, 2.75) is 31.7 Å². The van der Waals surface area contributed by atoms with Crippen LogP contribution in [0.25, 0.3) is 0 Å². The molecule has 1 heterocycles. The van der Waals surface area contributed by atoms with E-state index in [-0.39, 0.29) is 17.6 Å². The number of carbonyl (C=O) groups is 2. The van der Waals surface area contributed by atoms with E-state index in [1.807, 2.05) is 0 Å². The molecule has 132 valence electrons. The van der Waals surface area contributed by atoms with E-state index in [1.54, 1.807) is 12.1 Å². The lowest BCUT2D eigenvalue weighted by atomic mass is 10.2. The van der Waals surface area contributed by atoms with E-state index in [1.165, 1.54) is 24.3 Å². The Morgan fingerprint density at radius 2 is 1.60 bits per heavy atom. The molecule has 0 spiro atoms. The van der Waals surface area contributed by atoms with E-state index in [0.717, 1.165) is 25.7 Å². The molecule has 3 rings (SSSR count). The van der Waals surface area contributed by atoms with Crippen LogP contribution in [0, 0.1) is 0 Å². The molecule has 8 heteroatoms. The number of benzene rings is 1. The zero-order valence-electron chi connectivity index (χ0n) is 13.4. The maximum absolute atomic E-state index is 12.0. The minimum atomic E-state index is -0.760. The van der Waals surface area contributed by atoms with Crippen LogP contribution in [-0.2, 0) is 0 Å². The van der Waals surface area contributed by atoms with Crippen molar-refractivity contribution in [1.29, 1.82) is 0 Å². The molecule has 2 amide bonds. The predicted octanol–water partition coefficient (Wildman–Crippen LogP) is 2.23. The highest BCUT2D eigenvalue weighted by Gasteiger charge is 2.17. The van der Waals surface area contributed by atoms with Crippen LogP contribution in [0.1, 0.15) is 36.0 Å². The second kappa shape index (κ2) is 7.16. The van der Waals surface area contributed by atoms with Crippen molar-refractivity contribution in [2.24, 2.45) is 0 Å². The second-order valence-electron chi connectivity index (χ2n) is 5.88. The Labute approximate surface area is 144 Å². The normalized spacial score (nSPS) is 14.2. The van der Waals surface area contributed by atoms with E-state index in [2.05, 4.69) is 10.6 Å². The Morgan fingerprint density at radius 3 is 2.20 bits per heavy atom. The maximum atomic E-state index is 12.0. The summed E-state index contributed by atoms with van der Waals surface area (Å²) >= 11 is 0. The van der Waals surface area contributed by atoms with Crippen molar-refractivity contribution in [3.8, 4) is 11.8 Å². The van der Waals surface area contributed by atoms with Gasteiger partial charge in [0.2, 0.25) is 11.8 Å². The van der Waals surface area contributed by atoms with Crippen molar-refractivity contribution in [3.63, 3.8) is 0 Å². The van der Waals surface area contributed by atoms with Gasteiger partial charge in [-0.3, -0.25) is 0 Å². The monoisotopic (exact) mass is 345 g/mol. The SMILES string of the molecule is O=C(Nc1ccc(C(=O)On2c(O)ccc2O)cc1)NC1CCCC1. The van der Waals surface area contributed by atoms with E-state index in [4.69, 9.17) is 4.84 Å². The summed E-state index contributed by atoms with van der Waals surface area (Å²) in [5, 5.41) is 24.5. The number of hydrogen-bond acceptors (Lipinski definition) is 5. The lowest BCUT2D eigenvalue weighted by Crippen LogP contribution is -2.36. The number of anilines is 1. The third-order valence-corrected chi connectivity index (χ3v) is 4.04. The molecule has 1 saturated carbocycles. The Hall–Kier alpha value is -3.16. The summed E-state index contributed by atoms with van der Waals surface area (Å²) in [4.78, 5) is 28.8. The summed E-state index contributed by atoms with van der Waals surface area (Å²) in [7, 11) is 0. The lowest BCUT2D eigenvalue weighted by Gasteiger charge is -2.13. The minimum absolute atomic E-state index is 0.203. The molecule has 0 unspecified atom stereocenters. The van der Waals surface area contributed by atoms with Crippen LogP contribution < -0.4 is 15.5 Å². The molecular formula is C17H19N3O5. The van der Waals surface area contributed by atoms with Crippen molar-refractivity contribution in [2.75, 3.05) is 5.32 Å². The number of amides is 2. The average molecular weight is 345 g/mol. The molecule has 0 aliphatic heterocycles. The van der Waals surface area contributed by atoms with Gasteiger partial charge >= 0.3 is 12.0 Å². The van der Waals surface area contributed by atoms with Crippen LogP contribution in [0.3, 0.4) is 0 Å². The van der Waals surface area contributed by atoms with Crippen molar-refractivity contribution in [1.82, 2.24) is 10.0 Å². The first-order valence-electron chi connectivity index (χ1n) is 8.03. The van der Waals surface area contributed by atoms with Crippen LogP contribution in [0.2, 0.25) is 0 Å². The number of aromatic nitrogens is 1. The molecule has 1 aliphatic carbocycles. The fraction of sp³-hybridized carbons (Fsp3) is 0.294. The first-order valence-corrected chi connectivity index (χ1v) is 8.03. The summed E-state index contributed by atoms with van der Waals surface area (Å²) in [6, 6.07) is 8.42. The zero-order chi connectivity index (χ0) is 17.8. The fourth-order valence-corrected chi connectivity index (χ4v) is 2.74. The van der Waals surface area contributed by atoms with E-state index in [9.17, 15) is 19.8 Å². The molecule has 0 atom stereocenters. The smallest absolute Gasteiger partial charge is 0.363 e. The molecule has 4 N–H and O–H groups in total. The largest absolute Gasteiger partial charge is 0.492 e. The number of rotatable bonds is 4. The van der Waals surface area contributed by atoms with Gasteiger partial charge in [-0.05, 0) is 37.1 Å². The molecule has 0 bridgehead atoms. The fourth-order valence-electron chi connectivity index (χ4n) is 2.74. The third-order valence-electron chi connectivity index (χ3n) is 4.04.